The van der Waals surface area contributed by atoms with Crippen LogP contribution in [0, 0.1) is 16.0 Å². The van der Waals surface area contributed by atoms with Crippen LogP contribution < -0.4 is 15.6 Å². The van der Waals surface area contributed by atoms with E-state index in [-0.39, 0.29) is 31.2 Å². The molecule has 2 aromatic carbocycles. The summed E-state index contributed by atoms with van der Waals surface area (Å²) in [5.74, 6) is -0.615. The predicted molar refractivity (Wildman–Crippen MR) is 116 cm³/mol. The fraction of sp³-hybridized carbons (Fsp3) is 0.364. The second-order valence-corrected chi connectivity index (χ2v) is 7.69. The number of benzene rings is 2. The highest BCUT2D eigenvalue weighted by molar-refractivity contribution is 5.82. The third-order valence-electron chi connectivity index (χ3n) is 5.31. The molecular weight excluding hydrogens is 457 g/mol. The molecule has 0 spiro atoms. The summed E-state index contributed by atoms with van der Waals surface area (Å²) < 4.78 is 44.0. The van der Waals surface area contributed by atoms with E-state index in [1.54, 1.807) is 17.0 Å². The lowest BCUT2D eigenvalue weighted by Crippen LogP contribution is -2.46. The highest BCUT2D eigenvalue weighted by atomic mass is 19.4. The molecule has 2 amide bonds. The lowest BCUT2D eigenvalue weighted by molar-refractivity contribution is -0.384. The van der Waals surface area contributed by atoms with Crippen LogP contribution in [0.25, 0.3) is 0 Å². The van der Waals surface area contributed by atoms with Gasteiger partial charge >= 0.3 is 6.18 Å². The van der Waals surface area contributed by atoms with Gasteiger partial charge in [0.1, 0.15) is 11.4 Å². The fourth-order valence-corrected chi connectivity index (χ4v) is 3.54. The number of carbonyl (C=O) groups is 2. The molecule has 0 aliphatic carbocycles. The van der Waals surface area contributed by atoms with E-state index in [4.69, 9.17) is 4.74 Å². The average Bonchev–Trinajstić information content (AvgIpc) is 2.82. The third-order valence-corrected chi connectivity index (χ3v) is 5.31. The van der Waals surface area contributed by atoms with Crippen molar-refractivity contribution in [2.45, 2.75) is 25.4 Å². The molecule has 0 radical (unpaired) electrons. The summed E-state index contributed by atoms with van der Waals surface area (Å²) in [5.41, 5.74) is 2.36. The van der Waals surface area contributed by atoms with E-state index in [2.05, 4.69) is 10.9 Å². The largest absolute Gasteiger partial charge is 0.493 e. The SMILES string of the molecule is O=C(NNc1ccc(C(F)(F)F)cc1[N+](=O)[O-])C1CCCN(C(=O)CCOc2ccccc2)C1. The van der Waals surface area contributed by atoms with Crippen molar-refractivity contribution in [2.24, 2.45) is 5.92 Å². The molecular formula is C22H23F3N4O5. The number of para-hydroxylation sites is 1. The van der Waals surface area contributed by atoms with Crippen LogP contribution in [-0.4, -0.2) is 41.3 Å². The van der Waals surface area contributed by atoms with Crippen molar-refractivity contribution in [2.75, 3.05) is 25.1 Å². The van der Waals surface area contributed by atoms with E-state index in [0.717, 1.165) is 6.07 Å². The van der Waals surface area contributed by atoms with Crippen molar-refractivity contribution in [1.82, 2.24) is 10.3 Å². The van der Waals surface area contributed by atoms with Crippen LogP contribution >= 0.6 is 0 Å². The summed E-state index contributed by atoms with van der Waals surface area (Å²) in [4.78, 5) is 36.8. The topological polar surface area (TPSA) is 114 Å². The van der Waals surface area contributed by atoms with Gasteiger partial charge in [0.05, 0.1) is 29.4 Å². The first kappa shape index (κ1) is 24.8. The number of nitrogens with one attached hydrogen (secondary N) is 2. The van der Waals surface area contributed by atoms with Crippen LogP contribution in [0.15, 0.2) is 48.5 Å². The maximum Gasteiger partial charge on any atom is 0.416 e. The van der Waals surface area contributed by atoms with Crippen LogP contribution in [-0.2, 0) is 15.8 Å². The van der Waals surface area contributed by atoms with Gasteiger partial charge in [0.15, 0.2) is 0 Å². The molecule has 1 heterocycles. The number of hydrazine groups is 1. The first-order chi connectivity index (χ1) is 16.1. The van der Waals surface area contributed by atoms with Gasteiger partial charge in [0, 0.05) is 19.2 Å². The minimum Gasteiger partial charge on any atom is -0.493 e. The summed E-state index contributed by atoms with van der Waals surface area (Å²) in [6.45, 7) is 0.841. The first-order valence-corrected chi connectivity index (χ1v) is 10.5. The van der Waals surface area contributed by atoms with Gasteiger partial charge in [-0.05, 0) is 37.1 Å². The van der Waals surface area contributed by atoms with Gasteiger partial charge in [-0.2, -0.15) is 13.2 Å². The highest BCUT2D eigenvalue weighted by Crippen LogP contribution is 2.34. The lowest BCUT2D eigenvalue weighted by Gasteiger charge is -2.32. The Kier molecular flexibility index (Phi) is 7.92. The molecule has 0 bridgehead atoms. The summed E-state index contributed by atoms with van der Waals surface area (Å²) >= 11 is 0. The van der Waals surface area contributed by atoms with Crippen molar-refractivity contribution < 1.29 is 32.4 Å². The number of amides is 2. The lowest BCUT2D eigenvalue weighted by atomic mass is 9.97. The molecule has 0 aromatic heterocycles. The monoisotopic (exact) mass is 480 g/mol. The molecule has 1 aliphatic rings. The average molecular weight is 480 g/mol. The van der Waals surface area contributed by atoms with Gasteiger partial charge in [-0.1, -0.05) is 18.2 Å². The maximum atomic E-state index is 12.8. The van der Waals surface area contributed by atoms with Crippen molar-refractivity contribution in [3.8, 4) is 5.75 Å². The van der Waals surface area contributed by atoms with Crippen LogP contribution in [0.2, 0.25) is 0 Å². The number of likely N-dealkylation sites (tertiary alicyclic amines) is 1. The minimum atomic E-state index is -4.74. The van der Waals surface area contributed by atoms with Crippen molar-refractivity contribution in [3.05, 3.63) is 64.2 Å². The fourth-order valence-electron chi connectivity index (χ4n) is 3.54. The molecule has 2 N–H and O–H groups in total. The van der Waals surface area contributed by atoms with Gasteiger partial charge in [0.25, 0.3) is 5.69 Å². The van der Waals surface area contributed by atoms with Gasteiger partial charge < -0.3 is 9.64 Å². The molecule has 1 saturated heterocycles. The Bertz CT molecular complexity index is 1030. The number of piperidine rings is 1. The van der Waals surface area contributed by atoms with Gasteiger partial charge in [-0.15, -0.1) is 0 Å². The minimum absolute atomic E-state index is 0.138. The quantitative estimate of drug-likeness (QED) is 0.439. The number of hydrogen-bond acceptors (Lipinski definition) is 6. The number of anilines is 1. The molecule has 2 aromatic rings. The number of hydrogen-bond donors (Lipinski definition) is 2. The number of nitro benzene ring substituents is 1. The van der Waals surface area contributed by atoms with Gasteiger partial charge in [0.2, 0.25) is 11.8 Å². The smallest absolute Gasteiger partial charge is 0.416 e. The second kappa shape index (κ2) is 10.9. The molecule has 3 rings (SSSR count). The van der Waals surface area contributed by atoms with Crippen LogP contribution in [0.1, 0.15) is 24.8 Å². The summed E-state index contributed by atoms with van der Waals surface area (Å²) in [6.07, 6.45) is -3.52. The number of rotatable bonds is 8. The molecule has 1 unspecified atom stereocenters. The number of ether oxygens (including phenoxy) is 1. The Morgan fingerprint density at radius 3 is 2.59 bits per heavy atom. The Labute approximate surface area is 193 Å². The molecule has 1 aliphatic heterocycles. The molecule has 1 atom stereocenters. The van der Waals surface area contributed by atoms with E-state index < -0.39 is 34.2 Å². The number of nitro groups is 1. The molecule has 1 fully saturated rings. The van der Waals surface area contributed by atoms with Crippen molar-refractivity contribution in [1.29, 1.82) is 0 Å². The van der Waals surface area contributed by atoms with E-state index in [9.17, 15) is 32.9 Å². The zero-order chi connectivity index (χ0) is 24.7. The molecule has 182 valence electrons. The summed E-state index contributed by atoms with van der Waals surface area (Å²) in [6, 6.07) is 11.0. The molecule has 9 nitrogen and oxygen atoms in total. The Hall–Kier alpha value is -3.83. The zero-order valence-electron chi connectivity index (χ0n) is 18.0. The Morgan fingerprint density at radius 2 is 1.91 bits per heavy atom. The normalized spacial score (nSPS) is 16.0. The van der Waals surface area contributed by atoms with E-state index >= 15 is 0 Å². The van der Waals surface area contributed by atoms with Crippen molar-refractivity contribution >= 4 is 23.2 Å². The van der Waals surface area contributed by atoms with E-state index in [0.29, 0.717) is 37.3 Å². The molecule has 0 saturated carbocycles. The standard InChI is InChI=1S/C22H23F3N4O5/c23-22(24,25)16-8-9-18(19(13-16)29(32)33)26-27-21(31)15-5-4-11-28(14-15)20(30)10-12-34-17-6-2-1-3-7-17/h1-3,6-9,13,15,26H,4-5,10-12,14H2,(H,27,31). The Balaban J connectivity index is 1.53. The highest BCUT2D eigenvalue weighted by Gasteiger charge is 2.33. The molecule has 12 heteroatoms. The van der Waals surface area contributed by atoms with E-state index in [1.165, 1.54) is 0 Å². The molecule has 34 heavy (non-hydrogen) atoms. The van der Waals surface area contributed by atoms with Crippen LogP contribution in [0.5, 0.6) is 5.75 Å². The predicted octanol–water partition coefficient (Wildman–Crippen LogP) is 3.76. The van der Waals surface area contributed by atoms with E-state index in [1.807, 2.05) is 18.2 Å². The van der Waals surface area contributed by atoms with Gasteiger partial charge in [-0.3, -0.25) is 30.6 Å². The van der Waals surface area contributed by atoms with Crippen molar-refractivity contribution in [3.63, 3.8) is 0 Å². The second-order valence-electron chi connectivity index (χ2n) is 7.69. The number of alkyl halides is 3. The number of carbonyl (C=O) groups excluding carboxylic acids is 2. The Morgan fingerprint density at radius 1 is 1.18 bits per heavy atom. The zero-order valence-corrected chi connectivity index (χ0v) is 18.0. The summed E-state index contributed by atoms with van der Waals surface area (Å²) in [5, 5.41) is 11.2. The van der Waals surface area contributed by atoms with Crippen LogP contribution in [0.4, 0.5) is 24.5 Å². The number of nitrogens with zero attached hydrogens (tertiary/aromatic N) is 2. The maximum absolute atomic E-state index is 12.8. The van der Waals surface area contributed by atoms with Gasteiger partial charge in [-0.25, -0.2) is 0 Å². The first-order valence-electron chi connectivity index (χ1n) is 10.5. The summed E-state index contributed by atoms with van der Waals surface area (Å²) in [7, 11) is 0. The number of halogens is 3. The van der Waals surface area contributed by atoms with Crippen LogP contribution in [0.3, 0.4) is 0 Å². The third kappa shape index (κ3) is 6.59.